The van der Waals surface area contributed by atoms with Gasteiger partial charge < -0.3 is 15.9 Å². The van der Waals surface area contributed by atoms with Gasteiger partial charge in [-0.05, 0) is 19.9 Å². The van der Waals surface area contributed by atoms with E-state index in [-0.39, 0.29) is 13.2 Å². The van der Waals surface area contributed by atoms with Gasteiger partial charge in [0.2, 0.25) is 0 Å². The molecule has 0 aliphatic carbocycles. The van der Waals surface area contributed by atoms with Gasteiger partial charge in [0.25, 0.3) is 0 Å². The van der Waals surface area contributed by atoms with E-state index in [0.29, 0.717) is 6.04 Å². The van der Waals surface area contributed by atoms with Crippen molar-refractivity contribution >= 4 is 0 Å². The minimum Gasteiger partial charge on any atom is -0.397 e. The molecular weight excluding hydrogens is 130 g/mol. The summed E-state index contributed by atoms with van der Waals surface area (Å²) >= 11 is 0. The molecule has 0 rings (SSSR count). The Morgan fingerprint density at radius 1 is 1.10 bits per heavy atom. The third-order valence-electron chi connectivity index (χ3n) is 0. The lowest BCUT2D eigenvalue weighted by Gasteiger charge is -1.81. The van der Waals surface area contributed by atoms with Crippen LogP contribution >= 0.6 is 0 Å². The van der Waals surface area contributed by atoms with E-state index in [2.05, 4.69) is 0 Å². The van der Waals surface area contributed by atoms with Gasteiger partial charge in [0.05, 0.1) is 0 Å². The lowest BCUT2D eigenvalue weighted by atomic mass is 10.5. The second-order valence-electron chi connectivity index (χ2n) is 1.88. The number of rotatable bonds is 0. The van der Waals surface area contributed by atoms with E-state index < -0.39 is 0 Å². The summed E-state index contributed by atoms with van der Waals surface area (Å²) in [6, 6.07) is 0.333. The van der Waals surface area contributed by atoms with Crippen molar-refractivity contribution in [3.63, 3.8) is 0 Å². The van der Waals surface area contributed by atoms with Crippen LogP contribution in [-0.2, 0) is 0 Å². The van der Waals surface area contributed by atoms with Gasteiger partial charge in [0.15, 0.2) is 0 Å². The first-order valence-corrected chi connectivity index (χ1v) is 3.53. The molecule has 0 spiro atoms. The van der Waals surface area contributed by atoms with Crippen molar-refractivity contribution in [2.45, 2.75) is 33.7 Å². The second-order valence-corrected chi connectivity index (χ2v) is 1.88. The predicted molar refractivity (Wildman–Crippen MR) is 44.8 cm³/mol. The first-order valence-electron chi connectivity index (χ1n) is 3.53. The number of nitrogens with two attached hydrogens (primary N) is 1. The van der Waals surface area contributed by atoms with Crippen LogP contribution in [0.5, 0.6) is 0 Å². The molecule has 0 aromatic heterocycles. The summed E-state index contributed by atoms with van der Waals surface area (Å²) in [4.78, 5) is 0. The Labute approximate surface area is 63.9 Å². The van der Waals surface area contributed by atoms with Crippen LogP contribution in [0.15, 0.2) is 0 Å². The van der Waals surface area contributed by atoms with Crippen LogP contribution in [0.2, 0.25) is 0 Å². The van der Waals surface area contributed by atoms with Crippen LogP contribution in [0.4, 0.5) is 0 Å². The molecule has 0 aromatic rings. The fourth-order valence-corrected chi connectivity index (χ4v) is 0. The molecule has 0 unspecified atom stereocenters. The van der Waals surface area contributed by atoms with Crippen molar-refractivity contribution in [3.05, 3.63) is 0 Å². The van der Waals surface area contributed by atoms with Crippen molar-refractivity contribution in [2.24, 2.45) is 5.73 Å². The number of aliphatic hydroxyl groups excluding tert-OH is 2. The topological polar surface area (TPSA) is 66.5 Å². The maximum atomic E-state index is 7.57. The van der Waals surface area contributed by atoms with Crippen LogP contribution in [-0.4, -0.2) is 29.5 Å². The maximum absolute atomic E-state index is 7.57. The number of hydrogen-bond acceptors (Lipinski definition) is 3. The Morgan fingerprint density at radius 2 is 1.10 bits per heavy atom. The third kappa shape index (κ3) is 25900. The summed E-state index contributed by atoms with van der Waals surface area (Å²) in [5.41, 5.74) is 5.11. The summed E-state index contributed by atoms with van der Waals surface area (Å²) in [5.74, 6) is 0. The van der Waals surface area contributed by atoms with Gasteiger partial charge in [-0.15, -0.1) is 0 Å². The standard InChI is InChI=1S/C3H9N.2C2H6O/c1-3(2)4;2*1-2-3/h3H,4H2,1-2H3;2*3H,2H2,1H3. The van der Waals surface area contributed by atoms with Crippen molar-refractivity contribution in [1.29, 1.82) is 0 Å². The molecular formula is C7H21NO2. The van der Waals surface area contributed by atoms with Gasteiger partial charge in [0.1, 0.15) is 0 Å². The summed E-state index contributed by atoms with van der Waals surface area (Å²) in [6.45, 7) is 7.75. The molecule has 0 aliphatic heterocycles. The lowest BCUT2D eigenvalue weighted by molar-refractivity contribution is 0.318. The number of hydrogen-bond donors (Lipinski definition) is 3. The van der Waals surface area contributed by atoms with Crippen molar-refractivity contribution in [1.82, 2.24) is 0 Å². The molecule has 66 valence electrons. The quantitative estimate of drug-likeness (QED) is 0.468. The average molecular weight is 151 g/mol. The minimum absolute atomic E-state index is 0.250. The zero-order valence-electron chi connectivity index (χ0n) is 7.46. The van der Waals surface area contributed by atoms with Crippen LogP contribution in [0, 0.1) is 0 Å². The molecule has 0 radical (unpaired) electrons. The van der Waals surface area contributed by atoms with E-state index in [9.17, 15) is 0 Å². The molecule has 3 nitrogen and oxygen atoms in total. The van der Waals surface area contributed by atoms with Crippen molar-refractivity contribution < 1.29 is 10.2 Å². The van der Waals surface area contributed by atoms with E-state index >= 15 is 0 Å². The molecule has 0 aromatic carbocycles. The highest BCUT2D eigenvalue weighted by atomic mass is 16.3. The molecule has 0 fully saturated rings. The van der Waals surface area contributed by atoms with Crippen LogP contribution in [0.3, 0.4) is 0 Å². The largest absolute Gasteiger partial charge is 0.397 e. The van der Waals surface area contributed by atoms with E-state index in [0.717, 1.165) is 0 Å². The van der Waals surface area contributed by atoms with Gasteiger partial charge in [-0.2, -0.15) is 0 Å². The molecule has 0 saturated heterocycles. The molecule has 3 heteroatoms. The van der Waals surface area contributed by atoms with Gasteiger partial charge in [0, 0.05) is 13.2 Å². The number of aliphatic hydroxyl groups is 2. The molecule has 0 aliphatic rings. The van der Waals surface area contributed by atoms with Crippen molar-refractivity contribution in [3.8, 4) is 0 Å². The molecule has 10 heavy (non-hydrogen) atoms. The molecule has 0 atom stereocenters. The molecule has 4 N–H and O–H groups in total. The lowest BCUT2D eigenvalue weighted by Crippen LogP contribution is -2.06. The second kappa shape index (κ2) is 23.2. The maximum Gasteiger partial charge on any atom is 0.0402 e. The van der Waals surface area contributed by atoms with Gasteiger partial charge >= 0.3 is 0 Å². The Morgan fingerprint density at radius 3 is 1.10 bits per heavy atom. The zero-order valence-corrected chi connectivity index (χ0v) is 7.46. The molecule has 0 bridgehead atoms. The summed E-state index contributed by atoms with van der Waals surface area (Å²) in [6.07, 6.45) is 0. The van der Waals surface area contributed by atoms with E-state index in [1.165, 1.54) is 0 Å². The molecule has 0 amide bonds. The van der Waals surface area contributed by atoms with Gasteiger partial charge in [-0.1, -0.05) is 13.8 Å². The highest BCUT2D eigenvalue weighted by Crippen LogP contribution is 1.58. The Balaban J connectivity index is -0.0000000750. The SMILES string of the molecule is CC(C)N.CCO.CCO. The van der Waals surface area contributed by atoms with Crippen molar-refractivity contribution in [2.75, 3.05) is 13.2 Å². The van der Waals surface area contributed by atoms with E-state index in [4.69, 9.17) is 15.9 Å². The summed E-state index contributed by atoms with van der Waals surface area (Å²) < 4.78 is 0. The fraction of sp³-hybridized carbons (Fsp3) is 1.00. The molecule has 0 saturated carbocycles. The highest BCUT2D eigenvalue weighted by Gasteiger charge is 1.67. The Hall–Kier alpha value is -0.120. The van der Waals surface area contributed by atoms with E-state index in [1.807, 2.05) is 13.8 Å². The molecule has 0 heterocycles. The zero-order chi connectivity index (χ0) is 8.99. The normalized spacial score (nSPS) is 7.20. The Bertz CT molecular complexity index is 28.0. The smallest absolute Gasteiger partial charge is 0.0402 e. The average Bonchev–Trinajstić information content (AvgIpc) is 1.65. The third-order valence-corrected chi connectivity index (χ3v) is 0. The minimum atomic E-state index is 0.250. The van der Waals surface area contributed by atoms with Gasteiger partial charge in [-0.3, -0.25) is 0 Å². The fourth-order valence-electron chi connectivity index (χ4n) is 0. The Kier molecular flexibility index (Phi) is 38.1. The van der Waals surface area contributed by atoms with Crippen LogP contribution < -0.4 is 5.73 Å². The first kappa shape index (κ1) is 16.5. The highest BCUT2D eigenvalue weighted by molar-refractivity contribution is 4.32. The van der Waals surface area contributed by atoms with Crippen LogP contribution in [0.1, 0.15) is 27.7 Å². The van der Waals surface area contributed by atoms with Crippen LogP contribution in [0.25, 0.3) is 0 Å². The monoisotopic (exact) mass is 151 g/mol. The van der Waals surface area contributed by atoms with E-state index in [1.54, 1.807) is 13.8 Å². The summed E-state index contributed by atoms with van der Waals surface area (Å²) in [7, 11) is 0. The predicted octanol–water partition coefficient (Wildman–Crippen LogP) is 0.351. The summed E-state index contributed by atoms with van der Waals surface area (Å²) in [5, 5.41) is 15.1. The van der Waals surface area contributed by atoms with Gasteiger partial charge in [-0.25, -0.2) is 0 Å². The first-order chi connectivity index (χ1) is 4.56.